The highest BCUT2D eigenvalue weighted by Crippen LogP contribution is 2.32. The lowest BCUT2D eigenvalue weighted by Crippen LogP contribution is -2.12. The Bertz CT molecular complexity index is 675. The van der Waals surface area contributed by atoms with Crippen LogP contribution < -0.4 is 4.74 Å². The number of aliphatic carboxylic acids is 1. The lowest BCUT2D eigenvalue weighted by molar-refractivity contribution is -0.139. The summed E-state index contributed by atoms with van der Waals surface area (Å²) in [6.45, 7) is -0.304. The average molecular weight is 284 g/mol. The van der Waals surface area contributed by atoms with Gasteiger partial charge in [-0.05, 0) is 24.5 Å². The topological polar surface area (TPSA) is 75.2 Å². The number of allylic oxidation sites excluding steroid dienone is 1. The summed E-state index contributed by atoms with van der Waals surface area (Å²) in [4.78, 5) is 17.8. The highest BCUT2D eigenvalue weighted by molar-refractivity contribution is 5.69. The monoisotopic (exact) mass is 284 g/mol. The molecule has 2 N–H and O–H groups in total. The number of nitrogens with one attached hydrogen (secondary N) is 1. The van der Waals surface area contributed by atoms with Gasteiger partial charge in [-0.2, -0.15) is 0 Å². The van der Waals surface area contributed by atoms with E-state index in [1.54, 1.807) is 6.33 Å². The van der Waals surface area contributed by atoms with Crippen LogP contribution in [0.1, 0.15) is 23.2 Å². The minimum absolute atomic E-state index is 0.304. The predicted octanol–water partition coefficient (Wildman–Crippen LogP) is 2.45. The molecule has 0 radical (unpaired) electrons. The summed E-state index contributed by atoms with van der Waals surface area (Å²) in [7, 11) is 0. The van der Waals surface area contributed by atoms with Crippen LogP contribution in [0.5, 0.6) is 5.75 Å². The van der Waals surface area contributed by atoms with Crippen LogP contribution in [0.15, 0.2) is 36.3 Å². The predicted molar refractivity (Wildman–Crippen MR) is 78.2 cm³/mol. The minimum Gasteiger partial charge on any atom is -0.482 e. The van der Waals surface area contributed by atoms with Crippen LogP contribution in [-0.2, 0) is 17.6 Å². The fraction of sp³-hybridized carbons (Fsp3) is 0.250. The van der Waals surface area contributed by atoms with Crippen molar-refractivity contribution in [2.24, 2.45) is 0 Å². The quantitative estimate of drug-likeness (QED) is 0.884. The highest BCUT2D eigenvalue weighted by atomic mass is 16.5. The maximum absolute atomic E-state index is 10.6. The number of nitrogens with zero attached hydrogens (tertiary/aromatic N) is 1. The van der Waals surface area contributed by atoms with E-state index in [-0.39, 0.29) is 6.61 Å². The SMILES string of the molecule is O=C(O)COc1cccc2c1CCC(Cc1cnc[nH]1)=C2. The van der Waals surface area contributed by atoms with Gasteiger partial charge in [-0.1, -0.05) is 23.8 Å². The first-order valence-electron chi connectivity index (χ1n) is 6.85. The Morgan fingerprint density at radius 2 is 2.29 bits per heavy atom. The van der Waals surface area contributed by atoms with Crippen molar-refractivity contribution in [2.75, 3.05) is 6.61 Å². The van der Waals surface area contributed by atoms with E-state index in [4.69, 9.17) is 9.84 Å². The van der Waals surface area contributed by atoms with Crippen molar-refractivity contribution >= 4 is 12.0 Å². The number of hydrogen-bond acceptors (Lipinski definition) is 3. The molecule has 0 amide bonds. The van der Waals surface area contributed by atoms with E-state index in [0.717, 1.165) is 36.1 Å². The zero-order valence-corrected chi connectivity index (χ0v) is 11.5. The van der Waals surface area contributed by atoms with E-state index in [9.17, 15) is 4.79 Å². The standard InChI is InChI=1S/C16H16N2O3/c19-16(20)9-21-15-3-1-2-12-6-11(4-5-14(12)15)7-13-8-17-10-18-13/h1-3,6,8,10H,4-5,7,9H2,(H,17,18)(H,19,20). The number of imidazole rings is 1. The molecular weight excluding hydrogens is 268 g/mol. The summed E-state index contributed by atoms with van der Waals surface area (Å²) in [6, 6.07) is 5.76. The fourth-order valence-corrected chi connectivity index (χ4v) is 2.60. The van der Waals surface area contributed by atoms with Gasteiger partial charge in [0.2, 0.25) is 0 Å². The van der Waals surface area contributed by atoms with Crippen LogP contribution in [0.2, 0.25) is 0 Å². The van der Waals surface area contributed by atoms with Crippen LogP contribution in [-0.4, -0.2) is 27.7 Å². The normalized spacial score (nSPS) is 13.4. The lowest BCUT2D eigenvalue weighted by Gasteiger charge is -2.19. The van der Waals surface area contributed by atoms with Gasteiger partial charge < -0.3 is 14.8 Å². The summed E-state index contributed by atoms with van der Waals surface area (Å²) >= 11 is 0. The van der Waals surface area contributed by atoms with Gasteiger partial charge in [0.1, 0.15) is 5.75 Å². The third-order valence-corrected chi connectivity index (χ3v) is 3.55. The van der Waals surface area contributed by atoms with E-state index in [1.807, 2.05) is 24.4 Å². The maximum atomic E-state index is 10.6. The molecule has 3 rings (SSSR count). The Balaban J connectivity index is 1.81. The number of aromatic nitrogens is 2. The Morgan fingerprint density at radius 1 is 1.38 bits per heavy atom. The molecule has 21 heavy (non-hydrogen) atoms. The Labute approximate surface area is 122 Å². The Morgan fingerprint density at radius 3 is 3.05 bits per heavy atom. The van der Waals surface area contributed by atoms with Crippen molar-refractivity contribution < 1.29 is 14.6 Å². The Kier molecular flexibility index (Phi) is 3.73. The molecular formula is C16H16N2O3. The first kappa shape index (κ1) is 13.4. The van der Waals surface area contributed by atoms with E-state index < -0.39 is 5.97 Å². The molecule has 0 saturated carbocycles. The smallest absolute Gasteiger partial charge is 0.341 e. The first-order chi connectivity index (χ1) is 10.2. The number of H-pyrrole nitrogens is 1. The molecule has 0 bridgehead atoms. The van der Waals surface area contributed by atoms with Gasteiger partial charge in [0, 0.05) is 23.9 Å². The molecule has 1 aliphatic rings. The number of hydrogen-bond donors (Lipinski definition) is 2. The maximum Gasteiger partial charge on any atom is 0.341 e. The number of carbonyl (C=O) groups is 1. The largest absolute Gasteiger partial charge is 0.482 e. The molecule has 5 nitrogen and oxygen atoms in total. The first-order valence-corrected chi connectivity index (χ1v) is 6.85. The minimum atomic E-state index is -0.959. The molecule has 2 aromatic rings. The van der Waals surface area contributed by atoms with Gasteiger partial charge in [0.05, 0.1) is 6.33 Å². The zero-order valence-electron chi connectivity index (χ0n) is 11.5. The second-order valence-electron chi connectivity index (χ2n) is 5.06. The van der Waals surface area contributed by atoms with Crippen LogP contribution in [0.4, 0.5) is 0 Å². The van der Waals surface area contributed by atoms with Crippen molar-refractivity contribution in [3.8, 4) is 5.75 Å². The van der Waals surface area contributed by atoms with Crippen molar-refractivity contribution in [2.45, 2.75) is 19.3 Å². The number of rotatable bonds is 5. The van der Waals surface area contributed by atoms with Crippen molar-refractivity contribution in [3.05, 3.63) is 53.1 Å². The molecule has 0 fully saturated rings. The molecule has 1 aromatic heterocycles. The number of aromatic amines is 1. The second kappa shape index (κ2) is 5.83. The van der Waals surface area contributed by atoms with E-state index in [2.05, 4.69) is 16.0 Å². The van der Waals surface area contributed by atoms with Crippen LogP contribution >= 0.6 is 0 Å². The summed E-state index contributed by atoms with van der Waals surface area (Å²) < 4.78 is 5.36. The van der Waals surface area contributed by atoms with E-state index in [1.165, 1.54) is 5.57 Å². The van der Waals surface area contributed by atoms with Gasteiger partial charge in [-0.3, -0.25) is 0 Å². The van der Waals surface area contributed by atoms with Crippen LogP contribution in [0.25, 0.3) is 6.08 Å². The number of carboxylic acids is 1. The molecule has 0 aliphatic heterocycles. The van der Waals surface area contributed by atoms with Crippen LogP contribution in [0.3, 0.4) is 0 Å². The van der Waals surface area contributed by atoms with Gasteiger partial charge >= 0.3 is 5.97 Å². The summed E-state index contributed by atoms with van der Waals surface area (Å²) in [5.41, 5.74) is 4.64. The zero-order chi connectivity index (χ0) is 14.7. The molecule has 1 heterocycles. The van der Waals surface area contributed by atoms with Gasteiger partial charge in [0.25, 0.3) is 0 Å². The summed E-state index contributed by atoms with van der Waals surface area (Å²) in [5, 5.41) is 8.72. The third-order valence-electron chi connectivity index (χ3n) is 3.55. The molecule has 1 aliphatic carbocycles. The number of ether oxygens (including phenoxy) is 1. The molecule has 5 heteroatoms. The number of benzene rings is 1. The number of fused-ring (bicyclic) bond motifs is 1. The molecule has 108 valence electrons. The van der Waals surface area contributed by atoms with Gasteiger partial charge in [-0.25, -0.2) is 9.78 Å². The molecule has 0 spiro atoms. The second-order valence-corrected chi connectivity index (χ2v) is 5.06. The summed E-state index contributed by atoms with van der Waals surface area (Å²) in [6.07, 6.45) is 8.35. The molecule has 0 atom stereocenters. The van der Waals surface area contributed by atoms with E-state index in [0.29, 0.717) is 5.75 Å². The van der Waals surface area contributed by atoms with Crippen molar-refractivity contribution in [1.82, 2.24) is 9.97 Å². The number of carboxylic acid groups (broad SMARTS) is 1. The molecule has 0 unspecified atom stereocenters. The third kappa shape index (κ3) is 3.13. The highest BCUT2D eigenvalue weighted by Gasteiger charge is 2.15. The van der Waals surface area contributed by atoms with Gasteiger partial charge in [-0.15, -0.1) is 0 Å². The molecule has 0 saturated heterocycles. The fourth-order valence-electron chi connectivity index (χ4n) is 2.60. The lowest BCUT2D eigenvalue weighted by atomic mass is 9.89. The Hall–Kier alpha value is -2.56. The average Bonchev–Trinajstić information content (AvgIpc) is 2.97. The van der Waals surface area contributed by atoms with Crippen molar-refractivity contribution in [1.29, 1.82) is 0 Å². The van der Waals surface area contributed by atoms with Crippen molar-refractivity contribution in [3.63, 3.8) is 0 Å². The van der Waals surface area contributed by atoms with E-state index >= 15 is 0 Å². The van der Waals surface area contributed by atoms with Gasteiger partial charge in [0.15, 0.2) is 6.61 Å². The van der Waals surface area contributed by atoms with Crippen LogP contribution in [0, 0.1) is 0 Å². The summed E-state index contributed by atoms with van der Waals surface area (Å²) in [5.74, 6) is -0.286. The molecule has 1 aromatic carbocycles.